The standard InChI is InChI=1S/C13H19N5O3S2/c1-3-9-7-11(19)18-13(15-9)22-12(16-18)14-10-5-4-6-17(8-10)23(2,20)21/h7,10H,3-6,8H2,1-2H3,(H,14,16). The zero-order valence-corrected chi connectivity index (χ0v) is 14.7. The number of hydrogen-bond acceptors (Lipinski definition) is 7. The first-order valence-corrected chi connectivity index (χ1v) is 10.1. The molecular formula is C13H19N5O3S2. The maximum absolute atomic E-state index is 12.0. The summed E-state index contributed by atoms with van der Waals surface area (Å²) in [5.41, 5.74) is 0.545. The van der Waals surface area contributed by atoms with E-state index in [1.807, 2.05) is 6.92 Å². The zero-order chi connectivity index (χ0) is 16.6. The number of nitrogens with zero attached hydrogens (tertiary/aromatic N) is 4. The van der Waals surface area contributed by atoms with Crippen LogP contribution in [0.3, 0.4) is 0 Å². The molecule has 0 amide bonds. The molecule has 3 heterocycles. The van der Waals surface area contributed by atoms with E-state index >= 15 is 0 Å². The summed E-state index contributed by atoms with van der Waals surface area (Å²) in [6.07, 6.45) is 3.58. The SMILES string of the molecule is CCc1cc(=O)n2nc(NC3CCCN(S(C)(=O)=O)C3)sc2n1. The van der Waals surface area contributed by atoms with Crippen LogP contribution in [0, 0.1) is 0 Å². The van der Waals surface area contributed by atoms with Crippen molar-refractivity contribution in [3.63, 3.8) is 0 Å². The number of rotatable bonds is 4. The Morgan fingerprint density at radius 2 is 2.26 bits per heavy atom. The normalized spacial score (nSPS) is 20.0. The van der Waals surface area contributed by atoms with E-state index in [0.29, 0.717) is 29.6 Å². The van der Waals surface area contributed by atoms with Crippen molar-refractivity contribution >= 4 is 31.5 Å². The molecule has 8 nitrogen and oxygen atoms in total. The summed E-state index contributed by atoms with van der Waals surface area (Å²) in [5, 5.41) is 8.08. The summed E-state index contributed by atoms with van der Waals surface area (Å²) in [4.78, 5) is 16.9. The maximum Gasteiger partial charge on any atom is 0.275 e. The van der Waals surface area contributed by atoms with Crippen LogP contribution in [0.25, 0.3) is 4.96 Å². The predicted octanol–water partition coefficient (Wildman–Crippen LogP) is 0.549. The maximum atomic E-state index is 12.0. The number of nitrogens with one attached hydrogen (secondary N) is 1. The van der Waals surface area contributed by atoms with Gasteiger partial charge in [0.05, 0.1) is 6.26 Å². The van der Waals surface area contributed by atoms with Crippen molar-refractivity contribution in [2.45, 2.75) is 32.2 Å². The first kappa shape index (κ1) is 16.3. The van der Waals surface area contributed by atoms with Gasteiger partial charge in [0.1, 0.15) is 0 Å². The van der Waals surface area contributed by atoms with E-state index in [2.05, 4.69) is 15.4 Å². The second-order valence-electron chi connectivity index (χ2n) is 5.65. The molecule has 0 bridgehead atoms. The third kappa shape index (κ3) is 3.54. The highest BCUT2D eigenvalue weighted by Crippen LogP contribution is 2.21. The molecule has 2 aromatic heterocycles. The Balaban J connectivity index is 1.81. The number of aromatic nitrogens is 3. The molecule has 1 N–H and O–H groups in total. The molecule has 10 heteroatoms. The number of hydrogen-bond donors (Lipinski definition) is 1. The van der Waals surface area contributed by atoms with E-state index in [1.54, 1.807) is 0 Å². The molecule has 3 rings (SSSR count). The highest BCUT2D eigenvalue weighted by Gasteiger charge is 2.26. The Morgan fingerprint density at radius 3 is 2.96 bits per heavy atom. The van der Waals surface area contributed by atoms with Crippen LogP contribution in [0.5, 0.6) is 0 Å². The molecule has 1 atom stereocenters. The summed E-state index contributed by atoms with van der Waals surface area (Å²) in [7, 11) is -3.18. The van der Waals surface area contributed by atoms with E-state index in [9.17, 15) is 13.2 Å². The first-order chi connectivity index (χ1) is 10.9. The Kier molecular flexibility index (Phi) is 4.39. The lowest BCUT2D eigenvalue weighted by Crippen LogP contribution is -2.44. The fraction of sp³-hybridized carbons (Fsp3) is 0.615. The van der Waals surface area contributed by atoms with Gasteiger partial charge in [-0.15, -0.1) is 5.10 Å². The topological polar surface area (TPSA) is 96.7 Å². The fourth-order valence-electron chi connectivity index (χ4n) is 2.63. The van der Waals surface area contributed by atoms with E-state index in [-0.39, 0.29) is 11.6 Å². The van der Waals surface area contributed by atoms with Gasteiger partial charge >= 0.3 is 0 Å². The average molecular weight is 357 g/mol. The van der Waals surface area contributed by atoms with Gasteiger partial charge in [-0.25, -0.2) is 17.7 Å². The quantitative estimate of drug-likeness (QED) is 0.858. The van der Waals surface area contributed by atoms with E-state index < -0.39 is 10.0 Å². The number of piperidine rings is 1. The lowest BCUT2D eigenvalue weighted by molar-refractivity contribution is 0.329. The van der Waals surface area contributed by atoms with Gasteiger partial charge in [-0.05, 0) is 19.3 Å². The predicted molar refractivity (Wildman–Crippen MR) is 89.6 cm³/mol. The summed E-state index contributed by atoms with van der Waals surface area (Å²) >= 11 is 1.31. The second-order valence-corrected chi connectivity index (χ2v) is 8.58. The molecular weight excluding hydrogens is 338 g/mol. The summed E-state index contributed by atoms with van der Waals surface area (Å²) in [6.45, 7) is 2.91. The van der Waals surface area contributed by atoms with Crippen molar-refractivity contribution in [2.24, 2.45) is 0 Å². The highest BCUT2D eigenvalue weighted by molar-refractivity contribution is 7.88. The zero-order valence-electron chi connectivity index (χ0n) is 13.0. The van der Waals surface area contributed by atoms with Gasteiger partial charge < -0.3 is 5.32 Å². The highest BCUT2D eigenvalue weighted by atomic mass is 32.2. The third-order valence-electron chi connectivity index (χ3n) is 3.84. The van der Waals surface area contributed by atoms with E-state index in [0.717, 1.165) is 18.5 Å². The van der Waals surface area contributed by atoms with Crippen LogP contribution in [-0.2, 0) is 16.4 Å². The van der Waals surface area contributed by atoms with Crippen LogP contribution in [0.1, 0.15) is 25.5 Å². The fourth-order valence-corrected chi connectivity index (χ4v) is 4.44. The molecule has 2 aromatic rings. The van der Waals surface area contributed by atoms with E-state index in [4.69, 9.17) is 0 Å². The Hall–Kier alpha value is -1.52. The first-order valence-electron chi connectivity index (χ1n) is 7.48. The molecule has 1 unspecified atom stereocenters. The van der Waals surface area contributed by atoms with E-state index in [1.165, 1.54) is 32.5 Å². The van der Waals surface area contributed by atoms with Gasteiger partial charge in [0.25, 0.3) is 5.56 Å². The van der Waals surface area contributed by atoms with Crippen LogP contribution in [0.4, 0.5) is 5.13 Å². The summed E-state index contributed by atoms with van der Waals surface area (Å²) in [6, 6.07) is 1.48. The minimum atomic E-state index is -3.18. The second kappa shape index (κ2) is 6.17. The van der Waals surface area contributed by atoms with Crippen LogP contribution >= 0.6 is 11.3 Å². The van der Waals surface area contributed by atoms with Crippen molar-refractivity contribution in [3.8, 4) is 0 Å². The Bertz CT molecular complexity index is 873. The summed E-state index contributed by atoms with van der Waals surface area (Å²) in [5.74, 6) is 0. The molecule has 1 saturated heterocycles. The minimum Gasteiger partial charge on any atom is -0.356 e. The van der Waals surface area contributed by atoms with Gasteiger partial charge in [0, 0.05) is 30.9 Å². The molecule has 1 aliphatic rings. The molecule has 0 radical (unpaired) electrons. The van der Waals surface area contributed by atoms with Crippen molar-refractivity contribution in [1.29, 1.82) is 0 Å². The van der Waals surface area contributed by atoms with Crippen molar-refractivity contribution in [2.75, 3.05) is 24.7 Å². The van der Waals surface area contributed by atoms with Crippen LogP contribution in [0.15, 0.2) is 10.9 Å². The van der Waals surface area contributed by atoms with Gasteiger partial charge in [0.15, 0.2) is 0 Å². The van der Waals surface area contributed by atoms with Gasteiger partial charge in [-0.1, -0.05) is 18.3 Å². The van der Waals surface area contributed by atoms with Gasteiger partial charge in [0.2, 0.25) is 20.1 Å². The molecule has 0 spiro atoms. The van der Waals surface area contributed by atoms with Crippen molar-refractivity contribution < 1.29 is 8.42 Å². The molecule has 0 saturated carbocycles. The molecule has 0 aliphatic carbocycles. The largest absolute Gasteiger partial charge is 0.356 e. The van der Waals surface area contributed by atoms with Crippen LogP contribution < -0.4 is 10.9 Å². The Labute approximate surface area is 138 Å². The molecule has 126 valence electrons. The average Bonchev–Trinajstić information content (AvgIpc) is 2.89. The lowest BCUT2D eigenvalue weighted by atomic mass is 10.1. The monoisotopic (exact) mass is 357 g/mol. The third-order valence-corrected chi connectivity index (χ3v) is 5.95. The minimum absolute atomic E-state index is 0.0135. The molecule has 23 heavy (non-hydrogen) atoms. The van der Waals surface area contributed by atoms with Crippen LogP contribution in [-0.4, -0.2) is 52.7 Å². The number of anilines is 1. The van der Waals surface area contributed by atoms with Gasteiger partial charge in [-0.3, -0.25) is 4.79 Å². The molecule has 1 fully saturated rings. The Morgan fingerprint density at radius 1 is 1.48 bits per heavy atom. The van der Waals surface area contributed by atoms with Gasteiger partial charge in [-0.2, -0.15) is 4.52 Å². The van der Waals surface area contributed by atoms with Crippen molar-refractivity contribution in [1.82, 2.24) is 18.9 Å². The number of aryl methyl sites for hydroxylation is 1. The number of sulfonamides is 1. The number of fused-ring (bicyclic) bond motifs is 1. The molecule has 1 aliphatic heterocycles. The molecule has 0 aromatic carbocycles. The van der Waals surface area contributed by atoms with Crippen molar-refractivity contribution in [3.05, 3.63) is 22.1 Å². The van der Waals surface area contributed by atoms with Crippen LogP contribution in [0.2, 0.25) is 0 Å². The lowest BCUT2D eigenvalue weighted by Gasteiger charge is -2.31. The smallest absolute Gasteiger partial charge is 0.275 e. The summed E-state index contributed by atoms with van der Waals surface area (Å²) < 4.78 is 26.1.